The summed E-state index contributed by atoms with van der Waals surface area (Å²) in [6, 6.07) is 8.32. The zero-order valence-corrected chi connectivity index (χ0v) is 14.4. The summed E-state index contributed by atoms with van der Waals surface area (Å²) in [4.78, 5) is 18.6. The van der Waals surface area contributed by atoms with E-state index >= 15 is 0 Å². The molecule has 1 aromatic heterocycles. The Hall–Kier alpha value is -1.98. The monoisotopic (exact) mass is 365 g/mol. The topological polar surface area (TPSA) is 65.5 Å². The van der Waals surface area contributed by atoms with Crippen molar-refractivity contribution in [3.05, 3.63) is 46.7 Å². The van der Waals surface area contributed by atoms with E-state index in [9.17, 15) is 9.90 Å². The molecular weight excluding hydrogens is 349 g/mol. The predicted octanol–water partition coefficient (Wildman–Crippen LogP) is 3.95. The zero-order valence-electron chi connectivity index (χ0n) is 12.9. The maximum absolute atomic E-state index is 12.4. The number of nitrogens with one attached hydrogen (secondary N) is 1. The lowest BCUT2D eigenvalue weighted by Gasteiger charge is -2.33. The van der Waals surface area contributed by atoms with Crippen LogP contribution in [0.3, 0.4) is 0 Å². The molecule has 2 N–H and O–H groups in total. The first-order valence-electron chi connectivity index (χ1n) is 7.69. The minimum atomic E-state index is -0.100. The van der Waals surface area contributed by atoms with Gasteiger partial charge in [-0.05, 0) is 43.2 Å². The van der Waals surface area contributed by atoms with E-state index in [1.807, 2.05) is 12.1 Å². The molecule has 1 saturated heterocycles. The lowest BCUT2D eigenvalue weighted by atomic mass is 9.95. The molecule has 0 radical (unpaired) electrons. The van der Waals surface area contributed by atoms with Gasteiger partial charge in [-0.15, -0.1) is 0 Å². The summed E-state index contributed by atoms with van der Waals surface area (Å²) >= 11 is 11.8. The number of phenols is 1. The predicted molar refractivity (Wildman–Crippen MR) is 95.9 cm³/mol. The molecule has 7 heteroatoms. The number of amides is 1. The number of carbonyl (C=O) groups excluding carboxylic acids is 1. The van der Waals surface area contributed by atoms with Gasteiger partial charge in [0.1, 0.15) is 10.9 Å². The van der Waals surface area contributed by atoms with Gasteiger partial charge in [-0.25, -0.2) is 4.98 Å². The number of phenolic OH excluding ortho intramolecular Hbond substituents is 1. The fourth-order valence-corrected chi connectivity index (χ4v) is 3.17. The quantitative estimate of drug-likeness (QED) is 0.638. The van der Waals surface area contributed by atoms with Crippen molar-refractivity contribution in [1.29, 1.82) is 0 Å². The summed E-state index contributed by atoms with van der Waals surface area (Å²) in [5, 5.41) is 13.5. The Labute approximate surface area is 150 Å². The highest BCUT2D eigenvalue weighted by molar-refractivity contribution is 6.31. The summed E-state index contributed by atoms with van der Waals surface area (Å²) in [6.07, 6.45) is 3.14. The molecule has 5 nitrogen and oxygen atoms in total. The smallest absolute Gasteiger partial charge is 0.227 e. The van der Waals surface area contributed by atoms with Crippen molar-refractivity contribution in [2.75, 3.05) is 23.3 Å². The van der Waals surface area contributed by atoms with Crippen molar-refractivity contribution < 1.29 is 9.90 Å². The molecule has 0 atom stereocenters. The lowest BCUT2D eigenvalue weighted by Crippen LogP contribution is -2.38. The number of benzene rings is 1. The summed E-state index contributed by atoms with van der Waals surface area (Å²) in [7, 11) is 0. The van der Waals surface area contributed by atoms with E-state index in [-0.39, 0.29) is 17.6 Å². The van der Waals surface area contributed by atoms with Gasteiger partial charge in [-0.3, -0.25) is 4.79 Å². The molecule has 1 fully saturated rings. The van der Waals surface area contributed by atoms with E-state index in [1.54, 1.807) is 18.3 Å². The van der Waals surface area contributed by atoms with Crippen LogP contribution in [0.4, 0.5) is 11.4 Å². The number of aromatic nitrogens is 1. The van der Waals surface area contributed by atoms with E-state index in [4.69, 9.17) is 23.2 Å². The van der Waals surface area contributed by atoms with Crippen LogP contribution in [0.2, 0.25) is 10.2 Å². The van der Waals surface area contributed by atoms with Crippen LogP contribution in [0, 0.1) is 5.92 Å². The van der Waals surface area contributed by atoms with E-state index in [0.29, 0.717) is 15.9 Å². The molecule has 2 aromatic rings. The number of anilines is 2. The first-order chi connectivity index (χ1) is 11.5. The van der Waals surface area contributed by atoms with Crippen molar-refractivity contribution in [3.63, 3.8) is 0 Å². The number of hydrogen-bond donors (Lipinski definition) is 2. The molecule has 1 aromatic carbocycles. The molecule has 0 unspecified atom stereocenters. The van der Waals surface area contributed by atoms with Crippen molar-refractivity contribution in [1.82, 2.24) is 4.98 Å². The molecule has 126 valence electrons. The van der Waals surface area contributed by atoms with E-state index in [0.717, 1.165) is 31.6 Å². The first kappa shape index (κ1) is 16.9. The van der Waals surface area contributed by atoms with E-state index in [1.165, 1.54) is 6.07 Å². The largest absolute Gasteiger partial charge is 0.506 e. The van der Waals surface area contributed by atoms with Crippen molar-refractivity contribution in [2.24, 2.45) is 5.92 Å². The Morgan fingerprint density at radius 2 is 1.96 bits per heavy atom. The van der Waals surface area contributed by atoms with Crippen LogP contribution in [-0.4, -0.2) is 29.1 Å². The standard InChI is InChI=1S/C17H17Cl2N3O2/c18-12-1-2-15(23)14(9-12)21-17(24)11-4-7-22(8-5-11)13-3-6-20-16(19)10-13/h1-3,6,9-11,23H,4-5,7-8H2,(H,21,24). The van der Waals surface area contributed by atoms with Gasteiger partial charge < -0.3 is 15.3 Å². The molecule has 2 heterocycles. The summed E-state index contributed by atoms with van der Waals surface area (Å²) in [6.45, 7) is 1.53. The Morgan fingerprint density at radius 3 is 2.67 bits per heavy atom. The molecule has 0 saturated carbocycles. The molecular formula is C17H17Cl2N3O2. The van der Waals surface area contributed by atoms with Crippen LogP contribution in [0.5, 0.6) is 5.75 Å². The normalized spacial score (nSPS) is 15.3. The van der Waals surface area contributed by atoms with Gasteiger partial charge in [0, 0.05) is 35.9 Å². The number of hydrogen-bond acceptors (Lipinski definition) is 4. The van der Waals surface area contributed by atoms with Gasteiger partial charge in [0.05, 0.1) is 5.69 Å². The van der Waals surface area contributed by atoms with Crippen LogP contribution in [0.25, 0.3) is 0 Å². The maximum atomic E-state index is 12.4. The van der Waals surface area contributed by atoms with E-state index < -0.39 is 0 Å². The highest BCUT2D eigenvalue weighted by atomic mass is 35.5. The SMILES string of the molecule is O=C(Nc1cc(Cl)ccc1O)C1CCN(c2ccnc(Cl)c2)CC1. The third kappa shape index (κ3) is 3.91. The van der Waals surface area contributed by atoms with Gasteiger partial charge in [-0.1, -0.05) is 23.2 Å². The highest BCUT2D eigenvalue weighted by Crippen LogP contribution is 2.29. The Morgan fingerprint density at radius 1 is 1.21 bits per heavy atom. The Kier molecular flexibility index (Phi) is 5.11. The summed E-state index contributed by atoms with van der Waals surface area (Å²) in [5.41, 5.74) is 1.36. The number of piperidine rings is 1. The number of halogens is 2. The molecule has 1 aliphatic heterocycles. The lowest BCUT2D eigenvalue weighted by molar-refractivity contribution is -0.120. The molecule has 0 spiro atoms. The molecule has 0 aliphatic carbocycles. The second-order valence-corrected chi connectivity index (χ2v) is 6.57. The van der Waals surface area contributed by atoms with Gasteiger partial charge in [0.25, 0.3) is 0 Å². The van der Waals surface area contributed by atoms with Crippen molar-refractivity contribution >= 4 is 40.5 Å². The maximum Gasteiger partial charge on any atom is 0.227 e. The molecule has 0 bridgehead atoms. The molecule has 1 amide bonds. The fourth-order valence-electron chi connectivity index (χ4n) is 2.83. The molecule has 1 aliphatic rings. The van der Waals surface area contributed by atoms with Crippen LogP contribution >= 0.6 is 23.2 Å². The van der Waals surface area contributed by atoms with Gasteiger partial charge in [0.2, 0.25) is 5.91 Å². The molecule has 3 rings (SSSR count). The minimum absolute atomic E-state index is 0.0108. The summed E-state index contributed by atoms with van der Waals surface area (Å²) < 4.78 is 0. The van der Waals surface area contributed by atoms with Gasteiger partial charge in [0.15, 0.2) is 0 Å². The third-order valence-electron chi connectivity index (χ3n) is 4.16. The van der Waals surface area contributed by atoms with Crippen LogP contribution in [0.15, 0.2) is 36.5 Å². The van der Waals surface area contributed by atoms with E-state index in [2.05, 4.69) is 15.2 Å². The number of rotatable bonds is 3. The number of carbonyl (C=O) groups is 1. The fraction of sp³-hybridized carbons (Fsp3) is 0.294. The molecule has 24 heavy (non-hydrogen) atoms. The Balaban J connectivity index is 1.60. The average Bonchev–Trinajstić information content (AvgIpc) is 2.58. The second-order valence-electron chi connectivity index (χ2n) is 5.75. The van der Waals surface area contributed by atoms with Crippen LogP contribution < -0.4 is 10.2 Å². The number of pyridine rings is 1. The third-order valence-corrected chi connectivity index (χ3v) is 4.60. The van der Waals surface area contributed by atoms with Crippen molar-refractivity contribution in [3.8, 4) is 5.75 Å². The van der Waals surface area contributed by atoms with Gasteiger partial charge >= 0.3 is 0 Å². The van der Waals surface area contributed by atoms with Crippen LogP contribution in [0.1, 0.15) is 12.8 Å². The average molecular weight is 366 g/mol. The number of nitrogens with zero attached hydrogens (tertiary/aromatic N) is 2. The minimum Gasteiger partial charge on any atom is -0.506 e. The van der Waals surface area contributed by atoms with Gasteiger partial charge in [-0.2, -0.15) is 0 Å². The van der Waals surface area contributed by atoms with Crippen LogP contribution in [-0.2, 0) is 4.79 Å². The highest BCUT2D eigenvalue weighted by Gasteiger charge is 2.25. The number of aromatic hydroxyl groups is 1. The van der Waals surface area contributed by atoms with Crippen molar-refractivity contribution in [2.45, 2.75) is 12.8 Å². The second kappa shape index (κ2) is 7.28. The summed E-state index contributed by atoms with van der Waals surface area (Å²) in [5.74, 6) is -0.187. The zero-order chi connectivity index (χ0) is 17.1. The Bertz CT molecular complexity index is 746. The first-order valence-corrected chi connectivity index (χ1v) is 8.44.